The summed E-state index contributed by atoms with van der Waals surface area (Å²) in [6.45, 7) is 2.50. The van der Waals surface area contributed by atoms with Gasteiger partial charge in [0.1, 0.15) is 0 Å². The lowest BCUT2D eigenvalue weighted by atomic mass is 9.66. The Morgan fingerprint density at radius 2 is 2.00 bits per heavy atom. The van der Waals surface area contributed by atoms with E-state index in [9.17, 15) is 9.90 Å². The first-order valence-electron chi connectivity index (χ1n) is 9.56. The summed E-state index contributed by atoms with van der Waals surface area (Å²) in [7, 11) is 0. The van der Waals surface area contributed by atoms with Crippen LogP contribution in [0, 0.1) is 11.8 Å². The molecule has 1 aromatic rings. The maximum absolute atomic E-state index is 11.6. The molecular formula is C20H28N2O3. The van der Waals surface area contributed by atoms with Crippen LogP contribution in [0.4, 0.5) is 0 Å². The van der Waals surface area contributed by atoms with E-state index >= 15 is 0 Å². The van der Waals surface area contributed by atoms with Crippen LogP contribution in [-0.2, 0) is 13.0 Å². The third-order valence-electron chi connectivity index (χ3n) is 6.41. The Balaban J connectivity index is 1.43. The van der Waals surface area contributed by atoms with Crippen LogP contribution in [0.3, 0.4) is 0 Å². The molecule has 2 bridgehead atoms. The highest BCUT2D eigenvalue weighted by Gasteiger charge is 2.42. The summed E-state index contributed by atoms with van der Waals surface area (Å²) in [5.41, 5.74) is 4.05. The van der Waals surface area contributed by atoms with Gasteiger partial charge in [-0.1, -0.05) is 25.3 Å². The third kappa shape index (κ3) is 3.59. The Morgan fingerprint density at radius 1 is 1.24 bits per heavy atom. The first-order valence-corrected chi connectivity index (χ1v) is 9.56. The molecule has 2 fully saturated rings. The summed E-state index contributed by atoms with van der Waals surface area (Å²) >= 11 is 0. The molecule has 0 radical (unpaired) electrons. The number of fused-ring (bicyclic) bond motifs is 3. The van der Waals surface area contributed by atoms with Gasteiger partial charge in [-0.3, -0.25) is 14.9 Å². The minimum absolute atomic E-state index is 0.465. The number of hydrogen-bond acceptors (Lipinski definition) is 4. The predicted molar refractivity (Wildman–Crippen MR) is 94.3 cm³/mol. The fourth-order valence-corrected chi connectivity index (χ4v) is 5.43. The summed E-state index contributed by atoms with van der Waals surface area (Å²) in [6.07, 6.45) is 8.04. The van der Waals surface area contributed by atoms with Crippen molar-refractivity contribution in [1.29, 1.82) is 0 Å². The number of carbonyl (C=O) groups excluding carboxylic acids is 1. The van der Waals surface area contributed by atoms with Crippen molar-refractivity contribution in [3.63, 3.8) is 0 Å². The van der Waals surface area contributed by atoms with Gasteiger partial charge in [0.15, 0.2) is 0 Å². The van der Waals surface area contributed by atoms with Crippen molar-refractivity contribution < 1.29 is 15.1 Å². The maximum atomic E-state index is 11.6. The number of amides is 1. The molecule has 3 aliphatic rings. The summed E-state index contributed by atoms with van der Waals surface area (Å²) in [6, 6.07) is 5.61. The second-order valence-electron chi connectivity index (χ2n) is 8.42. The standard InChI is InChI=1S/C20H28N2O3/c23-19(21-25)17-4-5-18-12-22(7-6-16(18)9-17)13-20(24)10-14-2-1-3-15(8-14)11-20/h4-5,9,14-15,24-25H,1-3,6-8,10-13H2,(H,21,23). The number of rotatable bonds is 3. The average molecular weight is 344 g/mol. The van der Waals surface area contributed by atoms with E-state index in [0.29, 0.717) is 17.4 Å². The summed E-state index contributed by atoms with van der Waals surface area (Å²) in [4.78, 5) is 13.9. The van der Waals surface area contributed by atoms with Gasteiger partial charge in [0.2, 0.25) is 0 Å². The topological polar surface area (TPSA) is 72.8 Å². The van der Waals surface area contributed by atoms with E-state index in [1.54, 1.807) is 11.5 Å². The van der Waals surface area contributed by atoms with E-state index in [1.807, 2.05) is 12.1 Å². The molecular weight excluding hydrogens is 316 g/mol. The number of benzene rings is 1. The zero-order chi connectivity index (χ0) is 17.4. The van der Waals surface area contributed by atoms with Crippen LogP contribution < -0.4 is 5.48 Å². The summed E-state index contributed by atoms with van der Waals surface area (Å²) < 4.78 is 0. The Bertz CT molecular complexity index is 648. The molecule has 1 aliphatic heterocycles. The van der Waals surface area contributed by atoms with Gasteiger partial charge in [-0.2, -0.15) is 0 Å². The van der Waals surface area contributed by atoms with Crippen molar-refractivity contribution in [1.82, 2.24) is 10.4 Å². The van der Waals surface area contributed by atoms with Crippen LogP contribution in [0.25, 0.3) is 0 Å². The first kappa shape index (κ1) is 17.0. The van der Waals surface area contributed by atoms with Crippen molar-refractivity contribution >= 4 is 5.91 Å². The van der Waals surface area contributed by atoms with Crippen LogP contribution >= 0.6 is 0 Å². The first-order chi connectivity index (χ1) is 12.0. The van der Waals surface area contributed by atoms with Gasteiger partial charge in [0, 0.05) is 25.2 Å². The lowest BCUT2D eigenvalue weighted by Gasteiger charge is -2.46. The molecule has 1 aromatic carbocycles. The molecule has 2 aliphatic carbocycles. The van der Waals surface area contributed by atoms with Gasteiger partial charge < -0.3 is 5.11 Å². The van der Waals surface area contributed by atoms with Crippen LogP contribution in [0.1, 0.15) is 60.0 Å². The van der Waals surface area contributed by atoms with Crippen molar-refractivity contribution in [2.45, 2.75) is 57.1 Å². The fraction of sp³-hybridized carbons (Fsp3) is 0.650. The minimum Gasteiger partial charge on any atom is -0.389 e. The van der Waals surface area contributed by atoms with Crippen molar-refractivity contribution in [2.75, 3.05) is 13.1 Å². The molecule has 3 N–H and O–H groups in total. The fourth-order valence-electron chi connectivity index (χ4n) is 5.43. The molecule has 5 nitrogen and oxygen atoms in total. The van der Waals surface area contributed by atoms with E-state index in [0.717, 1.165) is 38.9 Å². The van der Waals surface area contributed by atoms with Crippen molar-refractivity contribution in [2.24, 2.45) is 11.8 Å². The largest absolute Gasteiger partial charge is 0.389 e. The highest BCUT2D eigenvalue weighted by atomic mass is 16.5. The predicted octanol–water partition coefficient (Wildman–Crippen LogP) is 2.50. The van der Waals surface area contributed by atoms with Gasteiger partial charge >= 0.3 is 0 Å². The molecule has 0 spiro atoms. The maximum Gasteiger partial charge on any atom is 0.274 e. The van der Waals surface area contributed by atoms with E-state index in [-0.39, 0.29) is 0 Å². The molecule has 2 atom stereocenters. The number of nitrogens with zero attached hydrogens (tertiary/aromatic N) is 1. The van der Waals surface area contributed by atoms with Crippen molar-refractivity contribution in [3.8, 4) is 0 Å². The monoisotopic (exact) mass is 344 g/mol. The molecule has 2 saturated carbocycles. The Kier molecular flexibility index (Phi) is 4.56. The smallest absolute Gasteiger partial charge is 0.274 e. The summed E-state index contributed by atoms with van der Waals surface area (Å²) in [5.74, 6) is 0.969. The number of nitrogens with one attached hydrogen (secondary N) is 1. The van der Waals surface area contributed by atoms with E-state index in [4.69, 9.17) is 5.21 Å². The highest BCUT2D eigenvalue weighted by Crippen LogP contribution is 2.45. The number of hydroxylamine groups is 1. The van der Waals surface area contributed by atoms with Gasteiger partial charge in [0.05, 0.1) is 5.60 Å². The second-order valence-corrected chi connectivity index (χ2v) is 8.42. The molecule has 0 saturated heterocycles. The molecule has 25 heavy (non-hydrogen) atoms. The van der Waals surface area contributed by atoms with Gasteiger partial charge in [-0.25, -0.2) is 5.48 Å². The van der Waals surface area contributed by atoms with Gasteiger partial charge in [-0.05, 0) is 60.8 Å². The number of carbonyl (C=O) groups is 1. The molecule has 0 aromatic heterocycles. The number of hydrogen-bond donors (Lipinski definition) is 3. The van der Waals surface area contributed by atoms with Crippen LogP contribution in [0.2, 0.25) is 0 Å². The second kappa shape index (κ2) is 6.71. The third-order valence-corrected chi connectivity index (χ3v) is 6.41. The van der Waals surface area contributed by atoms with Crippen LogP contribution in [-0.4, -0.2) is 39.8 Å². The van der Waals surface area contributed by atoms with E-state index < -0.39 is 11.5 Å². The lowest BCUT2D eigenvalue weighted by molar-refractivity contribution is -0.0735. The SMILES string of the molecule is O=C(NO)c1ccc2c(c1)CCN(CC1(O)CC3CCCC(C3)C1)C2. The zero-order valence-corrected chi connectivity index (χ0v) is 14.7. The molecule has 1 amide bonds. The molecule has 1 heterocycles. The quantitative estimate of drug-likeness (QED) is 0.582. The minimum atomic E-state index is -0.526. The number of β-amino-alcohol motifs (C(OH)–C–C–N with tert-alkyl or cyclic N) is 1. The Hall–Kier alpha value is -1.43. The molecule has 4 rings (SSSR count). The van der Waals surface area contributed by atoms with Gasteiger partial charge in [0.25, 0.3) is 5.91 Å². The van der Waals surface area contributed by atoms with Crippen LogP contribution in [0.5, 0.6) is 0 Å². The van der Waals surface area contributed by atoms with Crippen LogP contribution in [0.15, 0.2) is 18.2 Å². The lowest BCUT2D eigenvalue weighted by Crippen LogP contribution is -2.50. The average Bonchev–Trinajstić information content (AvgIpc) is 2.59. The summed E-state index contributed by atoms with van der Waals surface area (Å²) in [5, 5.41) is 20.0. The molecule has 136 valence electrons. The van der Waals surface area contributed by atoms with Crippen molar-refractivity contribution in [3.05, 3.63) is 34.9 Å². The highest BCUT2D eigenvalue weighted by molar-refractivity contribution is 5.93. The normalized spacial score (nSPS) is 32.1. The molecule has 5 heteroatoms. The Morgan fingerprint density at radius 3 is 2.72 bits per heavy atom. The van der Waals surface area contributed by atoms with E-state index in [2.05, 4.69) is 4.90 Å². The zero-order valence-electron chi connectivity index (χ0n) is 14.7. The number of aliphatic hydroxyl groups is 1. The van der Waals surface area contributed by atoms with E-state index in [1.165, 1.54) is 36.8 Å². The van der Waals surface area contributed by atoms with Gasteiger partial charge in [-0.15, -0.1) is 0 Å². The Labute approximate surface area is 149 Å². The molecule has 2 unspecified atom stereocenters.